The number of rotatable bonds is 8. The highest BCUT2D eigenvalue weighted by Crippen LogP contribution is 2.66. The summed E-state index contributed by atoms with van der Waals surface area (Å²) in [6.07, 6.45) is 1.38. The summed E-state index contributed by atoms with van der Waals surface area (Å²) < 4.78 is 0. The number of nitrogens with zero attached hydrogens (tertiary/aromatic N) is 2. The minimum Gasteiger partial charge on any atom is -0.343 e. The van der Waals surface area contributed by atoms with Gasteiger partial charge in [0.25, 0.3) is 0 Å². The van der Waals surface area contributed by atoms with Crippen LogP contribution in [0.25, 0.3) is 0 Å². The van der Waals surface area contributed by atoms with Crippen LogP contribution in [0.15, 0.2) is 11.1 Å². The Hall–Kier alpha value is -1.32. The fourth-order valence-corrected chi connectivity index (χ4v) is 6.09. The van der Waals surface area contributed by atoms with Crippen molar-refractivity contribution in [2.45, 2.75) is 68.2 Å². The lowest BCUT2D eigenvalue weighted by Gasteiger charge is -2.44. The summed E-state index contributed by atoms with van der Waals surface area (Å²) in [7, 11) is 0. The van der Waals surface area contributed by atoms with E-state index in [1.807, 2.05) is 37.5 Å². The second kappa shape index (κ2) is 8.36. The molecule has 0 aliphatic heterocycles. The van der Waals surface area contributed by atoms with Crippen molar-refractivity contribution in [3.05, 3.63) is 11.1 Å². The molecule has 2 amide bonds. The molecule has 0 N–H and O–H groups in total. The number of amides is 2. The Bertz CT molecular complexity index is 603. The van der Waals surface area contributed by atoms with Crippen LogP contribution in [0.3, 0.4) is 0 Å². The minimum absolute atomic E-state index is 0.125. The Morgan fingerprint density at radius 2 is 1.52 bits per heavy atom. The normalized spacial score (nSPS) is 30.6. The van der Waals surface area contributed by atoms with Crippen molar-refractivity contribution < 1.29 is 9.59 Å². The van der Waals surface area contributed by atoms with Gasteiger partial charge in [-0.2, -0.15) is 0 Å². The molecule has 0 saturated heterocycles. The summed E-state index contributed by atoms with van der Waals surface area (Å²) in [5.41, 5.74) is 2.70. The van der Waals surface area contributed by atoms with Gasteiger partial charge in [-0.3, -0.25) is 9.59 Å². The van der Waals surface area contributed by atoms with Gasteiger partial charge in [0.15, 0.2) is 0 Å². The third-order valence-electron chi connectivity index (χ3n) is 8.13. The number of hydrogen-bond acceptors (Lipinski definition) is 2. The highest BCUT2D eigenvalue weighted by Gasteiger charge is 2.61. The lowest BCUT2D eigenvalue weighted by atomic mass is 9.61. The summed E-state index contributed by atoms with van der Waals surface area (Å²) >= 11 is 0. The third-order valence-corrected chi connectivity index (χ3v) is 8.13. The Kier molecular flexibility index (Phi) is 6.81. The third kappa shape index (κ3) is 3.34. The second-order valence-corrected chi connectivity index (χ2v) is 8.64. The standard InChI is InChI=1S/C23H40N2O2/c1-9-24(10-2)21(26)13-20(22(27)25(11-3)12-4)23-14-19(15(5)17(23)7)16(6)18(23)8/h15,17,19-20H,9-14H2,1-8H3. The van der Waals surface area contributed by atoms with Gasteiger partial charge in [-0.05, 0) is 65.7 Å². The van der Waals surface area contributed by atoms with Crippen molar-refractivity contribution in [1.29, 1.82) is 0 Å². The van der Waals surface area contributed by atoms with Crippen molar-refractivity contribution in [3.8, 4) is 0 Å². The van der Waals surface area contributed by atoms with Crippen molar-refractivity contribution in [3.63, 3.8) is 0 Å². The van der Waals surface area contributed by atoms with Crippen LogP contribution >= 0.6 is 0 Å². The minimum atomic E-state index is -0.245. The zero-order chi connectivity index (χ0) is 20.5. The fourth-order valence-electron chi connectivity index (χ4n) is 6.09. The Balaban J connectivity index is 2.49. The molecule has 0 aromatic rings. The highest BCUT2D eigenvalue weighted by atomic mass is 16.2. The van der Waals surface area contributed by atoms with E-state index in [2.05, 4.69) is 27.7 Å². The van der Waals surface area contributed by atoms with Gasteiger partial charge in [0, 0.05) is 38.0 Å². The van der Waals surface area contributed by atoms with Crippen molar-refractivity contribution in [2.75, 3.05) is 26.2 Å². The molecule has 0 spiro atoms. The first-order chi connectivity index (χ1) is 12.7. The predicted molar refractivity (Wildman–Crippen MR) is 111 cm³/mol. The molecule has 1 saturated carbocycles. The molecule has 27 heavy (non-hydrogen) atoms. The van der Waals surface area contributed by atoms with Gasteiger partial charge < -0.3 is 9.80 Å². The summed E-state index contributed by atoms with van der Waals surface area (Å²) in [5.74, 6) is 1.63. The lowest BCUT2D eigenvalue weighted by molar-refractivity contribution is -0.146. The van der Waals surface area contributed by atoms with Gasteiger partial charge in [-0.25, -0.2) is 0 Å². The van der Waals surface area contributed by atoms with E-state index in [0.717, 1.165) is 6.42 Å². The number of carbonyl (C=O) groups excluding carboxylic acids is 2. The van der Waals surface area contributed by atoms with E-state index >= 15 is 0 Å². The molecule has 2 bridgehead atoms. The van der Waals surface area contributed by atoms with E-state index in [0.29, 0.717) is 50.4 Å². The average molecular weight is 377 g/mol. The first-order valence-corrected chi connectivity index (χ1v) is 10.9. The molecular formula is C23H40N2O2. The van der Waals surface area contributed by atoms with E-state index in [-0.39, 0.29) is 23.1 Å². The van der Waals surface area contributed by atoms with Gasteiger partial charge >= 0.3 is 0 Å². The maximum Gasteiger partial charge on any atom is 0.227 e. The molecule has 0 aromatic carbocycles. The molecule has 2 aliphatic carbocycles. The Morgan fingerprint density at radius 3 is 2.00 bits per heavy atom. The smallest absolute Gasteiger partial charge is 0.227 e. The molecule has 0 aromatic heterocycles. The van der Waals surface area contributed by atoms with Crippen LogP contribution < -0.4 is 0 Å². The van der Waals surface area contributed by atoms with Crippen LogP contribution in [-0.4, -0.2) is 47.8 Å². The summed E-state index contributed by atoms with van der Waals surface area (Å²) in [4.78, 5) is 30.5. The zero-order valence-corrected chi connectivity index (χ0v) is 18.8. The van der Waals surface area contributed by atoms with Crippen LogP contribution in [-0.2, 0) is 9.59 Å². The molecule has 0 heterocycles. The average Bonchev–Trinajstić information content (AvgIpc) is 3.07. The van der Waals surface area contributed by atoms with Gasteiger partial charge in [0.2, 0.25) is 11.8 Å². The molecule has 0 radical (unpaired) electrons. The maximum absolute atomic E-state index is 13.6. The number of hydrogen-bond donors (Lipinski definition) is 0. The SMILES string of the molecule is CCN(CC)C(=O)CC(C(=O)N(CC)CC)C12CC(C(C)=C1C)C(C)C2C. The van der Waals surface area contributed by atoms with Crippen LogP contribution in [0.4, 0.5) is 0 Å². The molecular weight excluding hydrogens is 336 g/mol. The van der Waals surface area contributed by atoms with E-state index in [1.165, 1.54) is 11.1 Å². The fraction of sp³-hybridized carbons (Fsp3) is 0.826. The first kappa shape index (κ1) is 22.0. The predicted octanol–water partition coefficient (Wildman–Crippen LogP) is 4.36. The van der Waals surface area contributed by atoms with Crippen LogP contribution in [0, 0.1) is 29.1 Å². The van der Waals surface area contributed by atoms with E-state index in [9.17, 15) is 9.59 Å². The van der Waals surface area contributed by atoms with Gasteiger partial charge in [-0.15, -0.1) is 0 Å². The molecule has 5 atom stereocenters. The molecule has 4 heteroatoms. The summed E-state index contributed by atoms with van der Waals surface area (Å²) in [5, 5.41) is 0. The second-order valence-electron chi connectivity index (χ2n) is 8.64. The zero-order valence-electron chi connectivity index (χ0n) is 18.8. The molecule has 1 fully saturated rings. The monoisotopic (exact) mass is 376 g/mol. The van der Waals surface area contributed by atoms with E-state index in [1.54, 1.807) is 0 Å². The van der Waals surface area contributed by atoms with Crippen LogP contribution in [0.5, 0.6) is 0 Å². The molecule has 5 unspecified atom stereocenters. The molecule has 2 rings (SSSR count). The first-order valence-electron chi connectivity index (χ1n) is 10.9. The topological polar surface area (TPSA) is 40.6 Å². The largest absolute Gasteiger partial charge is 0.343 e. The van der Waals surface area contributed by atoms with Crippen LogP contribution in [0.1, 0.15) is 68.2 Å². The number of allylic oxidation sites excluding steroid dienone is 2. The maximum atomic E-state index is 13.6. The van der Waals surface area contributed by atoms with Gasteiger partial charge in [-0.1, -0.05) is 25.0 Å². The number of fused-ring (bicyclic) bond motifs is 2. The summed E-state index contributed by atoms with van der Waals surface area (Å²) in [6.45, 7) is 20.0. The van der Waals surface area contributed by atoms with Gasteiger partial charge in [0.05, 0.1) is 5.92 Å². The van der Waals surface area contributed by atoms with Crippen LogP contribution in [0.2, 0.25) is 0 Å². The molecule has 4 nitrogen and oxygen atoms in total. The Labute approximate surface area is 166 Å². The van der Waals surface area contributed by atoms with E-state index < -0.39 is 0 Å². The quantitative estimate of drug-likeness (QED) is 0.591. The van der Waals surface area contributed by atoms with E-state index in [4.69, 9.17) is 0 Å². The van der Waals surface area contributed by atoms with Crippen molar-refractivity contribution in [2.24, 2.45) is 29.1 Å². The van der Waals surface area contributed by atoms with Crippen molar-refractivity contribution >= 4 is 11.8 Å². The Morgan fingerprint density at radius 1 is 1.00 bits per heavy atom. The molecule has 154 valence electrons. The van der Waals surface area contributed by atoms with Crippen molar-refractivity contribution in [1.82, 2.24) is 9.80 Å². The molecule has 2 aliphatic rings. The lowest BCUT2D eigenvalue weighted by Crippen LogP contribution is -2.49. The number of carbonyl (C=O) groups is 2. The van der Waals surface area contributed by atoms with Gasteiger partial charge in [0.1, 0.15) is 0 Å². The highest BCUT2D eigenvalue weighted by molar-refractivity contribution is 5.87. The summed E-state index contributed by atoms with van der Waals surface area (Å²) in [6, 6.07) is 0.